The Balaban J connectivity index is 2.46. The van der Waals surface area contributed by atoms with Gasteiger partial charge in [0.05, 0.1) is 29.6 Å². The van der Waals surface area contributed by atoms with E-state index >= 15 is 0 Å². The molecule has 2 heterocycles. The molecule has 0 bridgehead atoms. The Kier molecular flexibility index (Phi) is 40.4. The Labute approximate surface area is 514 Å². The van der Waals surface area contributed by atoms with Crippen molar-refractivity contribution in [1.82, 2.24) is 0 Å². The second-order valence-electron chi connectivity index (χ2n) is 23.3. The average Bonchev–Trinajstić information content (AvgIpc) is 0.903. The highest BCUT2D eigenvalue weighted by atomic mass is 32.2. The molecule has 0 spiro atoms. The summed E-state index contributed by atoms with van der Waals surface area (Å²) >= 11 is 0. The van der Waals surface area contributed by atoms with Gasteiger partial charge in [0.15, 0.2) is 62.8 Å². The van der Waals surface area contributed by atoms with Crippen LogP contribution in [0.1, 0.15) is 242 Å². The summed E-state index contributed by atoms with van der Waals surface area (Å²) in [4.78, 5) is 88.4. The van der Waals surface area contributed by atoms with E-state index in [1.165, 1.54) is 103 Å². The first kappa shape index (κ1) is 78.1. The molecule has 0 unspecified atom stereocenters. The first-order chi connectivity index (χ1) is 40.9. The first-order valence-electron chi connectivity index (χ1n) is 32.0. The fraction of sp³-hybridized carbons (Fsp3) is 0.887. The number of esters is 7. The number of hydrogen-bond acceptors (Lipinski definition) is 22. The largest absolute Gasteiger partial charge is 0.463 e. The van der Waals surface area contributed by atoms with Gasteiger partial charge in [-0.3, -0.25) is 33.6 Å². The van der Waals surface area contributed by atoms with Crippen molar-refractivity contribution in [3.05, 3.63) is 0 Å². The minimum absolute atomic E-state index is 0.187. The predicted molar refractivity (Wildman–Crippen MR) is 321 cm³/mol. The standard InChI is InChI=1S/C62H108O22S2/c1-10-12-14-16-18-20-22-24-26-28-30-32-34-36-38-85(70,71)43-52(44-86(72,73)39-37-35-33-31-29-27-25-23-21-19-17-15-13-11-2)40-76-61-59(80-50(8)68)58(79-49(7)67)56(54(82-61)42-75-46(4)64)84-62-60(81-51(9)69)57(78-48(6)66)55(77-47(5)65)53(83-62)41-74-45(3)63/h52-62H,10-44H2,1-9H3/t53-,54-,55+,56-,57+,58+,59-,60-,61+,62+/m1/s1. The summed E-state index contributed by atoms with van der Waals surface area (Å²) in [6.45, 7) is 9.78. The van der Waals surface area contributed by atoms with Crippen molar-refractivity contribution in [3.63, 3.8) is 0 Å². The molecule has 0 radical (unpaired) electrons. The molecule has 10 atom stereocenters. The lowest BCUT2D eigenvalue weighted by Gasteiger charge is -2.48. The summed E-state index contributed by atoms with van der Waals surface area (Å²) in [6.07, 6.45) is 13.0. The van der Waals surface area contributed by atoms with Crippen LogP contribution in [0, 0.1) is 5.92 Å². The van der Waals surface area contributed by atoms with Gasteiger partial charge in [0.2, 0.25) is 0 Å². The highest BCUT2D eigenvalue weighted by Crippen LogP contribution is 2.36. The fourth-order valence-electron chi connectivity index (χ4n) is 10.9. The van der Waals surface area contributed by atoms with Gasteiger partial charge in [-0.25, -0.2) is 16.8 Å². The van der Waals surface area contributed by atoms with Gasteiger partial charge in [-0.05, 0) is 12.8 Å². The monoisotopic (exact) mass is 1270 g/mol. The normalized spacial score (nSPS) is 22.4. The van der Waals surface area contributed by atoms with E-state index in [4.69, 9.17) is 52.1 Å². The van der Waals surface area contributed by atoms with Crippen molar-refractivity contribution in [3.8, 4) is 0 Å². The molecule has 24 heteroatoms. The zero-order chi connectivity index (χ0) is 63.9. The smallest absolute Gasteiger partial charge is 0.303 e. The van der Waals surface area contributed by atoms with E-state index in [9.17, 15) is 50.4 Å². The Bertz CT molecular complexity index is 2130. The van der Waals surface area contributed by atoms with E-state index in [2.05, 4.69) is 13.8 Å². The molecule has 2 saturated heterocycles. The highest BCUT2D eigenvalue weighted by molar-refractivity contribution is 7.92. The predicted octanol–water partition coefficient (Wildman–Crippen LogP) is 10.0. The molecular weight excluding hydrogens is 1160 g/mol. The maximum absolute atomic E-state index is 14.0. The van der Waals surface area contributed by atoms with E-state index in [1.807, 2.05) is 0 Å². The second-order valence-corrected chi connectivity index (χ2v) is 27.7. The van der Waals surface area contributed by atoms with Gasteiger partial charge < -0.3 is 52.1 Å². The summed E-state index contributed by atoms with van der Waals surface area (Å²) in [5, 5.41) is 0. The van der Waals surface area contributed by atoms with Crippen molar-refractivity contribution in [2.24, 2.45) is 5.92 Å². The molecule has 0 aromatic carbocycles. The number of carbonyl (C=O) groups is 7. The molecule has 2 rings (SSSR count). The van der Waals surface area contributed by atoms with Crippen LogP contribution in [0.4, 0.5) is 0 Å². The Morgan fingerprint density at radius 1 is 0.349 bits per heavy atom. The van der Waals surface area contributed by atoms with Crippen molar-refractivity contribution in [1.29, 1.82) is 0 Å². The minimum atomic E-state index is -3.89. The molecule has 22 nitrogen and oxygen atoms in total. The molecule has 0 aromatic rings. The van der Waals surface area contributed by atoms with Gasteiger partial charge in [0.1, 0.15) is 31.5 Å². The van der Waals surface area contributed by atoms with Crippen LogP contribution < -0.4 is 0 Å². The second kappa shape index (κ2) is 44.5. The lowest BCUT2D eigenvalue weighted by atomic mass is 9.96. The number of sulfone groups is 2. The third kappa shape index (κ3) is 35.3. The Morgan fingerprint density at radius 2 is 0.628 bits per heavy atom. The maximum Gasteiger partial charge on any atom is 0.303 e. The number of ether oxygens (including phenoxy) is 11. The van der Waals surface area contributed by atoms with E-state index in [-0.39, 0.29) is 11.5 Å². The van der Waals surface area contributed by atoms with E-state index in [1.54, 1.807) is 0 Å². The average molecular weight is 1270 g/mol. The molecule has 0 aliphatic carbocycles. The molecular formula is C62H108O22S2. The first-order valence-corrected chi connectivity index (χ1v) is 35.6. The highest BCUT2D eigenvalue weighted by Gasteiger charge is 2.58. The minimum Gasteiger partial charge on any atom is -0.463 e. The lowest BCUT2D eigenvalue weighted by Crippen LogP contribution is -2.67. The van der Waals surface area contributed by atoms with Gasteiger partial charge >= 0.3 is 41.8 Å². The third-order valence-corrected chi connectivity index (χ3v) is 18.8. The van der Waals surface area contributed by atoms with Crippen LogP contribution >= 0.6 is 0 Å². The SMILES string of the molecule is CCCCCCCCCCCCCCCCS(=O)(=O)CC(CO[C@H]1O[C@H](COC(C)=O)[C@@H](O[C@@H]2O[C@H](COC(C)=O)[C@H](OC(C)=O)[C@H](OC(C)=O)[C@H]2OC(C)=O)[C@H](OC(C)=O)[C@H]1OC(C)=O)CS(=O)(=O)CCCCCCCCCCCCCCCC. The van der Waals surface area contributed by atoms with Crippen LogP contribution in [0.3, 0.4) is 0 Å². The molecule has 2 aliphatic rings. The van der Waals surface area contributed by atoms with Crippen molar-refractivity contribution in [2.45, 2.75) is 304 Å². The van der Waals surface area contributed by atoms with Crippen molar-refractivity contribution < 1.29 is 103 Å². The van der Waals surface area contributed by atoms with Crippen LogP contribution in [0.15, 0.2) is 0 Å². The molecule has 0 amide bonds. The topological polar surface area (TPSA) is 289 Å². The van der Waals surface area contributed by atoms with E-state index in [0.29, 0.717) is 25.7 Å². The molecule has 2 aliphatic heterocycles. The van der Waals surface area contributed by atoms with Crippen LogP contribution in [0.25, 0.3) is 0 Å². The quantitative estimate of drug-likeness (QED) is 0.0311. The fourth-order valence-corrected chi connectivity index (χ4v) is 14.5. The summed E-state index contributed by atoms with van der Waals surface area (Å²) in [5.41, 5.74) is 0. The van der Waals surface area contributed by atoms with Gasteiger partial charge in [-0.15, -0.1) is 0 Å². The van der Waals surface area contributed by atoms with Crippen LogP contribution in [0.2, 0.25) is 0 Å². The Morgan fingerprint density at radius 3 is 0.965 bits per heavy atom. The molecule has 500 valence electrons. The molecule has 0 aromatic heterocycles. The summed E-state index contributed by atoms with van der Waals surface area (Å²) in [5.74, 6) is -9.06. The van der Waals surface area contributed by atoms with Gasteiger partial charge in [0.25, 0.3) is 0 Å². The molecule has 86 heavy (non-hydrogen) atoms. The van der Waals surface area contributed by atoms with Gasteiger partial charge in [-0.1, -0.05) is 181 Å². The summed E-state index contributed by atoms with van der Waals surface area (Å²) < 4.78 is 120. The van der Waals surface area contributed by atoms with Gasteiger partial charge in [-0.2, -0.15) is 0 Å². The molecule has 0 N–H and O–H groups in total. The zero-order valence-electron chi connectivity index (χ0n) is 53.4. The number of rotatable bonds is 48. The molecule has 0 saturated carbocycles. The Hall–Kier alpha value is -3.97. The number of unbranched alkanes of at least 4 members (excludes halogenated alkanes) is 26. The number of carbonyl (C=O) groups excluding carboxylic acids is 7. The zero-order valence-corrected chi connectivity index (χ0v) is 55.0. The summed E-state index contributed by atoms with van der Waals surface area (Å²) in [6, 6.07) is 0. The third-order valence-electron chi connectivity index (χ3n) is 15.0. The summed E-state index contributed by atoms with van der Waals surface area (Å²) in [7, 11) is -7.78. The van der Waals surface area contributed by atoms with Crippen LogP contribution in [-0.4, -0.2) is 163 Å². The van der Waals surface area contributed by atoms with Crippen molar-refractivity contribution >= 4 is 61.5 Å². The maximum atomic E-state index is 14.0. The van der Waals surface area contributed by atoms with Crippen molar-refractivity contribution in [2.75, 3.05) is 42.8 Å². The van der Waals surface area contributed by atoms with Gasteiger partial charge in [0, 0.05) is 54.4 Å². The van der Waals surface area contributed by atoms with Crippen LogP contribution in [-0.2, 0) is 105 Å². The van der Waals surface area contributed by atoms with E-state index < -0.39 is 160 Å². The van der Waals surface area contributed by atoms with Crippen LogP contribution in [0.5, 0.6) is 0 Å². The number of hydrogen-bond donors (Lipinski definition) is 0. The van der Waals surface area contributed by atoms with E-state index in [0.717, 1.165) is 99.8 Å². The lowest BCUT2D eigenvalue weighted by molar-refractivity contribution is -0.361. The molecule has 2 fully saturated rings.